The lowest BCUT2D eigenvalue weighted by Crippen LogP contribution is -2.25. The van der Waals surface area contributed by atoms with Crippen LogP contribution < -0.4 is 5.32 Å². The van der Waals surface area contributed by atoms with Crippen molar-refractivity contribution in [3.8, 4) is 0 Å². The molecule has 0 atom stereocenters. The number of benzene rings is 1. The predicted octanol–water partition coefficient (Wildman–Crippen LogP) is 3.79. The van der Waals surface area contributed by atoms with E-state index in [1.165, 1.54) is 41.3 Å². The van der Waals surface area contributed by atoms with Crippen LogP contribution in [0.5, 0.6) is 0 Å². The third kappa shape index (κ3) is 3.05. The first-order chi connectivity index (χ1) is 7.25. The van der Waals surface area contributed by atoms with Crippen LogP contribution in [0.4, 0.5) is 0 Å². The normalized spacial score (nSPS) is 17.2. The number of rotatable bonds is 3. The first kappa shape index (κ1) is 11.2. The van der Waals surface area contributed by atoms with Crippen LogP contribution in [0, 0.1) is 6.92 Å². The molecule has 0 aromatic heterocycles. The SMILES string of the molecule is Cc1cc(CNC2CCCC2)ccc1Br. The zero-order valence-corrected chi connectivity index (χ0v) is 10.8. The second-order valence-electron chi connectivity index (χ2n) is 4.45. The van der Waals surface area contributed by atoms with Crippen LogP contribution in [0.25, 0.3) is 0 Å². The summed E-state index contributed by atoms with van der Waals surface area (Å²) in [6.45, 7) is 3.15. The monoisotopic (exact) mass is 267 g/mol. The summed E-state index contributed by atoms with van der Waals surface area (Å²) in [5, 5.41) is 3.63. The number of hydrogen-bond donors (Lipinski definition) is 1. The summed E-state index contributed by atoms with van der Waals surface area (Å²) in [5.74, 6) is 0. The van der Waals surface area contributed by atoms with Crippen molar-refractivity contribution in [3.63, 3.8) is 0 Å². The zero-order chi connectivity index (χ0) is 10.7. The summed E-state index contributed by atoms with van der Waals surface area (Å²) in [6.07, 6.45) is 5.51. The molecule has 15 heavy (non-hydrogen) atoms. The van der Waals surface area contributed by atoms with Gasteiger partial charge in [0, 0.05) is 17.1 Å². The average molecular weight is 268 g/mol. The smallest absolute Gasteiger partial charge is 0.0208 e. The fourth-order valence-electron chi connectivity index (χ4n) is 2.21. The molecule has 1 fully saturated rings. The third-order valence-electron chi connectivity index (χ3n) is 3.17. The maximum absolute atomic E-state index is 3.63. The van der Waals surface area contributed by atoms with Crippen molar-refractivity contribution in [2.24, 2.45) is 0 Å². The molecule has 1 N–H and O–H groups in total. The van der Waals surface area contributed by atoms with Crippen molar-refractivity contribution in [2.75, 3.05) is 0 Å². The topological polar surface area (TPSA) is 12.0 Å². The van der Waals surface area contributed by atoms with E-state index in [-0.39, 0.29) is 0 Å². The fraction of sp³-hybridized carbons (Fsp3) is 0.538. The summed E-state index contributed by atoms with van der Waals surface area (Å²) in [6, 6.07) is 7.35. The van der Waals surface area contributed by atoms with Gasteiger partial charge in [-0.3, -0.25) is 0 Å². The molecule has 0 saturated heterocycles. The minimum Gasteiger partial charge on any atom is -0.310 e. The highest BCUT2D eigenvalue weighted by molar-refractivity contribution is 9.10. The Morgan fingerprint density at radius 2 is 2.07 bits per heavy atom. The van der Waals surface area contributed by atoms with E-state index in [1.807, 2.05) is 0 Å². The molecule has 1 nitrogen and oxygen atoms in total. The van der Waals surface area contributed by atoms with Crippen LogP contribution in [0.3, 0.4) is 0 Å². The van der Waals surface area contributed by atoms with Crippen molar-refractivity contribution in [2.45, 2.75) is 45.2 Å². The molecular weight excluding hydrogens is 250 g/mol. The van der Waals surface area contributed by atoms with Crippen molar-refractivity contribution in [3.05, 3.63) is 33.8 Å². The van der Waals surface area contributed by atoms with Gasteiger partial charge < -0.3 is 5.32 Å². The molecule has 0 radical (unpaired) electrons. The summed E-state index contributed by atoms with van der Waals surface area (Å²) >= 11 is 3.53. The molecule has 1 aliphatic rings. The Morgan fingerprint density at radius 1 is 1.33 bits per heavy atom. The van der Waals surface area contributed by atoms with Crippen LogP contribution in [0.1, 0.15) is 36.8 Å². The summed E-state index contributed by atoms with van der Waals surface area (Å²) < 4.78 is 1.20. The number of aryl methyl sites for hydroxylation is 1. The van der Waals surface area contributed by atoms with Gasteiger partial charge in [0.05, 0.1) is 0 Å². The van der Waals surface area contributed by atoms with Crippen LogP contribution in [0.2, 0.25) is 0 Å². The van der Waals surface area contributed by atoms with Crippen molar-refractivity contribution in [1.29, 1.82) is 0 Å². The standard InChI is InChI=1S/C13H18BrN/c1-10-8-11(6-7-13(10)14)9-15-12-4-2-3-5-12/h6-8,12,15H,2-5,9H2,1H3. The highest BCUT2D eigenvalue weighted by atomic mass is 79.9. The Labute approximate surface area is 100 Å². The lowest BCUT2D eigenvalue weighted by molar-refractivity contribution is 0.524. The maximum Gasteiger partial charge on any atom is 0.0208 e. The van der Waals surface area contributed by atoms with E-state index >= 15 is 0 Å². The highest BCUT2D eigenvalue weighted by Crippen LogP contribution is 2.20. The Balaban J connectivity index is 1.90. The van der Waals surface area contributed by atoms with Crippen LogP contribution in [0.15, 0.2) is 22.7 Å². The second kappa shape index (κ2) is 5.13. The Morgan fingerprint density at radius 3 is 2.73 bits per heavy atom. The molecule has 82 valence electrons. The van der Waals surface area contributed by atoms with E-state index in [0.717, 1.165) is 12.6 Å². The van der Waals surface area contributed by atoms with Crippen LogP contribution in [-0.2, 0) is 6.54 Å². The molecule has 0 spiro atoms. The lowest BCUT2D eigenvalue weighted by atomic mass is 10.1. The van der Waals surface area contributed by atoms with Crippen LogP contribution in [-0.4, -0.2) is 6.04 Å². The summed E-state index contributed by atoms with van der Waals surface area (Å²) in [4.78, 5) is 0. The molecule has 0 heterocycles. The van der Waals surface area contributed by atoms with Crippen molar-refractivity contribution in [1.82, 2.24) is 5.32 Å². The van der Waals surface area contributed by atoms with Gasteiger partial charge in [-0.05, 0) is 37.0 Å². The van der Waals surface area contributed by atoms with Gasteiger partial charge in [-0.1, -0.05) is 40.9 Å². The van der Waals surface area contributed by atoms with E-state index in [2.05, 4.69) is 46.4 Å². The second-order valence-corrected chi connectivity index (χ2v) is 5.30. The number of nitrogens with one attached hydrogen (secondary N) is 1. The van der Waals surface area contributed by atoms with Gasteiger partial charge in [0.25, 0.3) is 0 Å². The maximum atomic E-state index is 3.63. The molecule has 0 bridgehead atoms. The third-order valence-corrected chi connectivity index (χ3v) is 4.06. The molecule has 1 aromatic rings. The summed E-state index contributed by atoms with van der Waals surface area (Å²) in [7, 11) is 0. The van der Waals surface area contributed by atoms with Gasteiger partial charge in [0.1, 0.15) is 0 Å². The van der Waals surface area contributed by atoms with E-state index in [0.29, 0.717) is 0 Å². The molecule has 0 unspecified atom stereocenters. The van der Waals surface area contributed by atoms with E-state index in [4.69, 9.17) is 0 Å². The van der Waals surface area contributed by atoms with Crippen molar-refractivity contribution >= 4 is 15.9 Å². The minimum atomic E-state index is 0.758. The van der Waals surface area contributed by atoms with Crippen molar-refractivity contribution < 1.29 is 0 Å². The van der Waals surface area contributed by atoms with E-state index in [1.54, 1.807) is 0 Å². The predicted molar refractivity (Wildman–Crippen MR) is 68.0 cm³/mol. The molecule has 1 aromatic carbocycles. The van der Waals surface area contributed by atoms with Gasteiger partial charge in [0.15, 0.2) is 0 Å². The van der Waals surface area contributed by atoms with Gasteiger partial charge >= 0.3 is 0 Å². The molecule has 2 heteroatoms. The van der Waals surface area contributed by atoms with Crippen LogP contribution >= 0.6 is 15.9 Å². The highest BCUT2D eigenvalue weighted by Gasteiger charge is 2.13. The lowest BCUT2D eigenvalue weighted by Gasteiger charge is -2.12. The quantitative estimate of drug-likeness (QED) is 0.879. The number of halogens is 1. The van der Waals surface area contributed by atoms with Gasteiger partial charge in [0.2, 0.25) is 0 Å². The molecule has 0 aliphatic heterocycles. The first-order valence-electron chi connectivity index (χ1n) is 5.74. The Bertz CT molecular complexity index is 329. The van der Waals surface area contributed by atoms with Gasteiger partial charge in [-0.2, -0.15) is 0 Å². The largest absolute Gasteiger partial charge is 0.310 e. The molecule has 1 saturated carbocycles. The molecule has 0 amide bonds. The molecular formula is C13H18BrN. The number of hydrogen-bond acceptors (Lipinski definition) is 1. The molecule has 1 aliphatic carbocycles. The van der Waals surface area contributed by atoms with Gasteiger partial charge in [-0.15, -0.1) is 0 Å². The first-order valence-corrected chi connectivity index (χ1v) is 6.53. The summed E-state index contributed by atoms with van der Waals surface area (Å²) in [5.41, 5.74) is 2.71. The minimum absolute atomic E-state index is 0.758. The fourth-order valence-corrected chi connectivity index (χ4v) is 2.46. The Kier molecular flexibility index (Phi) is 3.81. The van der Waals surface area contributed by atoms with Gasteiger partial charge in [-0.25, -0.2) is 0 Å². The zero-order valence-electron chi connectivity index (χ0n) is 9.22. The van der Waals surface area contributed by atoms with E-state index < -0.39 is 0 Å². The molecule has 2 rings (SSSR count). The van der Waals surface area contributed by atoms with E-state index in [9.17, 15) is 0 Å². The average Bonchev–Trinajstić information content (AvgIpc) is 2.73. The Hall–Kier alpha value is -0.340.